The highest BCUT2D eigenvalue weighted by Crippen LogP contribution is 2.33. The lowest BCUT2D eigenvalue weighted by Gasteiger charge is -2.13. The van der Waals surface area contributed by atoms with E-state index in [2.05, 4.69) is 15.9 Å². The van der Waals surface area contributed by atoms with Crippen LogP contribution in [0.15, 0.2) is 42.5 Å². The number of aryl methyl sites for hydroxylation is 2. The summed E-state index contributed by atoms with van der Waals surface area (Å²) in [6.45, 7) is 3.84. The second-order valence-corrected chi connectivity index (χ2v) is 5.61. The number of hydrogen-bond donors (Lipinski definition) is 1. The fraction of sp³-hybridized carbons (Fsp3) is 0.100. The van der Waals surface area contributed by atoms with Gasteiger partial charge in [0.25, 0.3) is 0 Å². The van der Waals surface area contributed by atoms with E-state index in [0.29, 0.717) is 16.8 Å². The molecule has 0 aliphatic heterocycles. The van der Waals surface area contributed by atoms with Crippen LogP contribution in [0.2, 0.25) is 0 Å². The van der Waals surface area contributed by atoms with E-state index in [-0.39, 0.29) is 11.6 Å². The highest BCUT2D eigenvalue weighted by molar-refractivity contribution is 5.83. The third-order valence-electron chi connectivity index (χ3n) is 3.70. The first-order valence-electron chi connectivity index (χ1n) is 7.46. The van der Waals surface area contributed by atoms with Crippen molar-refractivity contribution >= 4 is 5.82 Å². The summed E-state index contributed by atoms with van der Waals surface area (Å²) in [7, 11) is 0. The lowest BCUT2D eigenvalue weighted by molar-refractivity contribution is 0.628. The molecule has 0 radical (unpaired) electrons. The van der Waals surface area contributed by atoms with Crippen LogP contribution in [0.1, 0.15) is 17.0 Å². The third kappa shape index (κ3) is 2.97. The Morgan fingerprint density at radius 1 is 1.00 bits per heavy atom. The van der Waals surface area contributed by atoms with Crippen molar-refractivity contribution in [1.29, 1.82) is 0 Å². The number of nitrogens with zero attached hydrogens (tertiary/aromatic N) is 2. The second kappa shape index (κ2) is 6.13. The number of pyridine rings is 2. The standard InChI is InChI=1S/C20H16FN3/c1-4-14-11-18(16-8-12(2)23-13(3)9-16)19(24-20(14)22)15-6-5-7-17(21)10-15/h1,5-11H,2-3H3,(H2,22,24). The smallest absolute Gasteiger partial charge is 0.139 e. The molecule has 0 atom stereocenters. The van der Waals surface area contributed by atoms with Gasteiger partial charge in [0.15, 0.2) is 0 Å². The Morgan fingerprint density at radius 2 is 1.71 bits per heavy atom. The van der Waals surface area contributed by atoms with Gasteiger partial charge in [0.2, 0.25) is 0 Å². The number of anilines is 1. The highest BCUT2D eigenvalue weighted by Gasteiger charge is 2.14. The lowest BCUT2D eigenvalue weighted by Crippen LogP contribution is -2.00. The highest BCUT2D eigenvalue weighted by atomic mass is 19.1. The summed E-state index contributed by atoms with van der Waals surface area (Å²) in [4.78, 5) is 8.83. The molecule has 3 nitrogen and oxygen atoms in total. The molecule has 118 valence electrons. The molecule has 0 spiro atoms. The first-order valence-corrected chi connectivity index (χ1v) is 7.46. The zero-order valence-electron chi connectivity index (χ0n) is 13.5. The number of aromatic nitrogens is 2. The Kier molecular flexibility index (Phi) is 4.01. The summed E-state index contributed by atoms with van der Waals surface area (Å²) in [6.07, 6.45) is 5.53. The Balaban J connectivity index is 2.32. The molecule has 2 heterocycles. The maximum atomic E-state index is 13.7. The van der Waals surface area contributed by atoms with Crippen LogP contribution >= 0.6 is 0 Å². The van der Waals surface area contributed by atoms with Crippen molar-refractivity contribution in [1.82, 2.24) is 9.97 Å². The number of benzene rings is 1. The van der Waals surface area contributed by atoms with Crippen LogP contribution in [-0.4, -0.2) is 9.97 Å². The van der Waals surface area contributed by atoms with Gasteiger partial charge in [0.05, 0.1) is 11.3 Å². The molecule has 2 N–H and O–H groups in total. The van der Waals surface area contributed by atoms with Crippen LogP contribution in [-0.2, 0) is 0 Å². The maximum absolute atomic E-state index is 13.7. The zero-order chi connectivity index (χ0) is 17.3. The fourth-order valence-corrected chi connectivity index (χ4v) is 2.71. The number of rotatable bonds is 2. The molecule has 0 bridgehead atoms. The van der Waals surface area contributed by atoms with Crippen molar-refractivity contribution < 1.29 is 4.39 Å². The van der Waals surface area contributed by atoms with E-state index in [1.165, 1.54) is 12.1 Å². The Labute approximate surface area is 140 Å². The molecule has 0 saturated carbocycles. The summed E-state index contributed by atoms with van der Waals surface area (Å²) in [5.41, 5.74) is 11.2. The predicted octanol–water partition coefficient (Wildman–Crippen LogP) is 4.13. The number of nitrogens with two attached hydrogens (primary N) is 1. The maximum Gasteiger partial charge on any atom is 0.139 e. The summed E-state index contributed by atoms with van der Waals surface area (Å²) in [5, 5.41) is 0. The molecule has 4 heteroatoms. The van der Waals surface area contributed by atoms with Gasteiger partial charge < -0.3 is 5.73 Å². The van der Waals surface area contributed by atoms with E-state index in [9.17, 15) is 4.39 Å². The fourth-order valence-electron chi connectivity index (χ4n) is 2.71. The Hall–Kier alpha value is -3.19. The van der Waals surface area contributed by atoms with Gasteiger partial charge in [0.1, 0.15) is 11.6 Å². The average Bonchev–Trinajstić information content (AvgIpc) is 2.53. The van der Waals surface area contributed by atoms with Crippen LogP contribution < -0.4 is 5.73 Å². The number of hydrogen-bond acceptors (Lipinski definition) is 3. The van der Waals surface area contributed by atoms with Gasteiger partial charge >= 0.3 is 0 Å². The Bertz CT molecular complexity index is 951. The SMILES string of the molecule is C#Cc1cc(-c2cc(C)nc(C)c2)c(-c2cccc(F)c2)nc1N. The number of halogens is 1. The first-order chi connectivity index (χ1) is 11.5. The minimum Gasteiger partial charge on any atom is -0.383 e. The van der Waals surface area contributed by atoms with Gasteiger partial charge in [0, 0.05) is 22.5 Å². The molecular formula is C20H16FN3. The van der Waals surface area contributed by atoms with Gasteiger partial charge in [-0.15, -0.1) is 6.42 Å². The normalized spacial score (nSPS) is 10.4. The van der Waals surface area contributed by atoms with Crippen LogP contribution in [0.5, 0.6) is 0 Å². The van der Waals surface area contributed by atoms with E-state index >= 15 is 0 Å². The van der Waals surface area contributed by atoms with Crippen LogP contribution in [0.25, 0.3) is 22.4 Å². The molecule has 0 aliphatic carbocycles. The molecule has 3 rings (SSSR count). The van der Waals surface area contributed by atoms with E-state index in [0.717, 1.165) is 22.5 Å². The molecule has 0 amide bonds. The third-order valence-corrected chi connectivity index (χ3v) is 3.70. The predicted molar refractivity (Wildman–Crippen MR) is 94.7 cm³/mol. The molecule has 24 heavy (non-hydrogen) atoms. The van der Waals surface area contributed by atoms with Gasteiger partial charge in [-0.25, -0.2) is 9.37 Å². The van der Waals surface area contributed by atoms with Gasteiger partial charge in [-0.2, -0.15) is 0 Å². The molecule has 0 fully saturated rings. The summed E-state index contributed by atoms with van der Waals surface area (Å²) in [6, 6.07) is 12.0. The van der Waals surface area contributed by atoms with Crippen molar-refractivity contribution in [3.63, 3.8) is 0 Å². The van der Waals surface area contributed by atoms with Crippen LogP contribution in [0.3, 0.4) is 0 Å². The van der Waals surface area contributed by atoms with E-state index in [4.69, 9.17) is 12.2 Å². The van der Waals surface area contributed by atoms with Crippen molar-refractivity contribution in [3.8, 4) is 34.7 Å². The molecule has 0 unspecified atom stereocenters. The Morgan fingerprint density at radius 3 is 2.33 bits per heavy atom. The zero-order valence-corrected chi connectivity index (χ0v) is 13.5. The minimum absolute atomic E-state index is 0.253. The van der Waals surface area contributed by atoms with Crippen molar-refractivity contribution in [2.75, 3.05) is 5.73 Å². The molecule has 3 aromatic rings. The number of nitrogen functional groups attached to an aromatic ring is 1. The van der Waals surface area contributed by atoms with E-state index in [1.807, 2.05) is 32.0 Å². The summed E-state index contributed by atoms with van der Waals surface area (Å²) in [5.74, 6) is 2.47. The first kappa shape index (κ1) is 15.7. The van der Waals surface area contributed by atoms with Crippen LogP contribution in [0.4, 0.5) is 10.2 Å². The van der Waals surface area contributed by atoms with Gasteiger partial charge in [-0.05, 0) is 49.7 Å². The molecule has 0 saturated heterocycles. The van der Waals surface area contributed by atoms with E-state index < -0.39 is 0 Å². The summed E-state index contributed by atoms with van der Waals surface area (Å²) < 4.78 is 13.7. The topological polar surface area (TPSA) is 51.8 Å². The quantitative estimate of drug-likeness (QED) is 0.723. The number of terminal acetylenes is 1. The summed E-state index contributed by atoms with van der Waals surface area (Å²) >= 11 is 0. The average molecular weight is 317 g/mol. The van der Waals surface area contributed by atoms with Crippen molar-refractivity contribution in [2.45, 2.75) is 13.8 Å². The second-order valence-electron chi connectivity index (χ2n) is 5.61. The van der Waals surface area contributed by atoms with Crippen molar-refractivity contribution in [3.05, 3.63) is 65.2 Å². The molecule has 1 aromatic carbocycles. The van der Waals surface area contributed by atoms with Crippen molar-refractivity contribution in [2.24, 2.45) is 0 Å². The van der Waals surface area contributed by atoms with Gasteiger partial charge in [-0.3, -0.25) is 4.98 Å². The van der Waals surface area contributed by atoms with E-state index in [1.54, 1.807) is 12.1 Å². The molecular weight excluding hydrogens is 301 g/mol. The van der Waals surface area contributed by atoms with Crippen LogP contribution in [0, 0.1) is 32.0 Å². The molecule has 2 aromatic heterocycles. The lowest BCUT2D eigenvalue weighted by atomic mass is 9.97. The minimum atomic E-state index is -0.332. The molecule has 0 aliphatic rings. The largest absolute Gasteiger partial charge is 0.383 e. The van der Waals surface area contributed by atoms with Gasteiger partial charge in [-0.1, -0.05) is 18.1 Å². The monoisotopic (exact) mass is 317 g/mol.